The second kappa shape index (κ2) is 6.99. The fourth-order valence-electron chi connectivity index (χ4n) is 2.56. The predicted octanol–water partition coefficient (Wildman–Crippen LogP) is 3.97. The Morgan fingerprint density at radius 1 is 1.08 bits per heavy atom. The molecule has 1 N–H and O–H groups in total. The van der Waals surface area contributed by atoms with E-state index in [-0.39, 0.29) is 5.57 Å². The fraction of sp³-hybridized carbons (Fsp3) is 0.158. The molecule has 0 aromatic heterocycles. The molecule has 1 heterocycles. The Kier molecular flexibility index (Phi) is 4.76. The summed E-state index contributed by atoms with van der Waals surface area (Å²) in [5, 5.41) is 10.7. The molecule has 1 aliphatic heterocycles. The van der Waals surface area contributed by atoms with Gasteiger partial charge in [-0.3, -0.25) is 9.59 Å². The highest BCUT2D eigenvalue weighted by Crippen LogP contribution is 2.33. The number of carbonyl (C=O) groups excluding carboxylic acids is 2. The second-order valence-electron chi connectivity index (χ2n) is 5.52. The summed E-state index contributed by atoms with van der Waals surface area (Å²) in [5.41, 5.74) is 0.738. The van der Waals surface area contributed by atoms with Gasteiger partial charge in [0.25, 0.3) is 5.91 Å². The van der Waals surface area contributed by atoms with Crippen LogP contribution in [0, 0.1) is 0 Å². The molecule has 3 rings (SSSR count). The number of halogens is 1. The van der Waals surface area contributed by atoms with Crippen molar-refractivity contribution in [3.63, 3.8) is 0 Å². The van der Waals surface area contributed by atoms with E-state index in [0.29, 0.717) is 28.6 Å². The van der Waals surface area contributed by atoms with Crippen molar-refractivity contribution < 1.29 is 19.4 Å². The van der Waals surface area contributed by atoms with Gasteiger partial charge in [0.15, 0.2) is 5.76 Å². The lowest BCUT2D eigenvalue weighted by molar-refractivity contribution is -0.121. The molecule has 0 bridgehead atoms. The first-order valence-electron chi connectivity index (χ1n) is 7.83. The van der Waals surface area contributed by atoms with Gasteiger partial charge in [-0.05, 0) is 36.2 Å². The van der Waals surface area contributed by atoms with Crippen LogP contribution in [0.5, 0.6) is 5.75 Å². The molecule has 0 saturated carbocycles. The van der Waals surface area contributed by atoms with Crippen LogP contribution in [0.25, 0.3) is 5.57 Å². The summed E-state index contributed by atoms with van der Waals surface area (Å²) < 4.78 is 5.54. The van der Waals surface area contributed by atoms with Crippen LogP contribution in [0.1, 0.15) is 18.9 Å². The van der Waals surface area contributed by atoms with Gasteiger partial charge in [-0.15, -0.1) is 0 Å². The highest BCUT2D eigenvalue weighted by Gasteiger charge is 2.40. The van der Waals surface area contributed by atoms with Crippen LogP contribution in [-0.4, -0.2) is 23.5 Å². The number of ether oxygens (including phenoxy) is 1. The van der Waals surface area contributed by atoms with Crippen LogP contribution in [-0.2, 0) is 9.59 Å². The zero-order valence-electron chi connectivity index (χ0n) is 13.5. The summed E-state index contributed by atoms with van der Waals surface area (Å²) in [6.45, 7) is 2.52. The molecule has 2 aromatic carbocycles. The number of rotatable bonds is 5. The van der Waals surface area contributed by atoms with Crippen LogP contribution in [0.15, 0.2) is 54.3 Å². The Balaban J connectivity index is 1.94. The normalized spacial score (nSPS) is 14.4. The number of hydrogen-bond donors (Lipinski definition) is 1. The number of aliphatic hydroxyl groups excluding tert-OH is 1. The van der Waals surface area contributed by atoms with Crippen molar-refractivity contribution in [1.82, 2.24) is 0 Å². The highest BCUT2D eigenvalue weighted by atomic mass is 35.5. The van der Waals surface area contributed by atoms with Crippen molar-refractivity contribution in [2.45, 2.75) is 13.3 Å². The molecule has 2 aromatic rings. The summed E-state index contributed by atoms with van der Waals surface area (Å²) in [5.74, 6) is -1.37. The molecular formula is C19H16ClNO4. The Morgan fingerprint density at radius 3 is 2.48 bits per heavy atom. The van der Waals surface area contributed by atoms with Crippen LogP contribution in [0.4, 0.5) is 5.69 Å². The van der Waals surface area contributed by atoms with E-state index in [1.165, 1.54) is 0 Å². The van der Waals surface area contributed by atoms with Crippen LogP contribution >= 0.6 is 11.6 Å². The molecule has 0 saturated heterocycles. The zero-order valence-corrected chi connectivity index (χ0v) is 14.3. The van der Waals surface area contributed by atoms with Gasteiger partial charge in [-0.25, -0.2) is 4.90 Å². The maximum absolute atomic E-state index is 12.8. The number of hydrogen-bond acceptors (Lipinski definition) is 4. The molecule has 0 radical (unpaired) electrons. The smallest absolute Gasteiger partial charge is 0.301 e. The second-order valence-corrected chi connectivity index (χ2v) is 5.96. The minimum atomic E-state index is -0.761. The van der Waals surface area contributed by atoms with Gasteiger partial charge in [-0.2, -0.15) is 0 Å². The summed E-state index contributed by atoms with van der Waals surface area (Å²) >= 11 is 5.85. The standard InChI is InChI=1S/C19H16ClNO4/c1-2-10-25-15-5-3-4-14(11-15)21-18(23)16(17(22)19(21)24)12-6-8-13(20)9-7-12/h3-9,11,22H,2,10H2,1H3. The Labute approximate surface area is 150 Å². The van der Waals surface area contributed by atoms with Crippen LogP contribution < -0.4 is 9.64 Å². The summed E-state index contributed by atoms with van der Waals surface area (Å²) in [7, 11) is 0. The fourth-order valence-corrected chi connectivity index (χ4v) is 2.69. The van der Waals surface area contributed by atoms with E-state index in [1.54, 1.807) is 48.5 Å². The highest BCUT2D eigenvalue weighted by molar-refractivity contribution is 6.45. The van der Waals surface area contributed by atoms with Gasteiger partial charge in [0, 0.05) is 11.1 Å². The van der Waals surface area contributed by atoms with Gasteiger partial charge in [-0.1, -0.05) is 36.7 Å². The van der Waals surface area contributed by atoms with E-state index < -0.39 is 17.6 Å². The molecule has 0 unspecified atom stereocenters. The molecule has 5 nitrogen and oxygen atoms in total. The van der Waals surface area contributed by atoms with Gasteiger partial charge in [0.2, 0.25) is 0 Å². The maximum atomic E-state index is 12.8. The van der Waals surface area contributed by atoms with Gasteiger partial charge >= 0.3 is 5.91 Å². The molecular weight excluding hydrogens is 342 g/mol. The van der Waals surface area contributed by atoms with E-state index in [1.807, 2.05) is 6.92 Å². The predicted molar refractivity (Wildman–Crippen MR) is 95.7 cm³/mol. The number of anilines is 1. The van der Waals surface area contributed by atoms with Gasteiger partial charge in [0.05, 0.1) is 17.9 Å². The number of carbonyl (C=O) groups is 2. The average Bonchev–Trinajstić information content (AvgIpc) is 2.83. The first kappa shape index (κ1) is 17.0. The molecule has 1 aliphatic rings. The van der Waals surface area contributed by atoms with E-state index >= 15 is 0 Å². The molecule has 0 aliphatic carbocycles. The number of amides is 2. The summed E-state index contributed by atoms with van der Waals surface area (Å²) in [6, 6.07) is 13.0. The first-order chi connectivity index (χ1) is 12.0. The lowest BCUT2D eigenvalue weighted by Crippen LogP contribution is -2.31. The molecule has 0 spiro atoms. The minimum absolute atomic E-state index is 0.0402. The molecule has 2 amide bonds. The third-order valence-corrected chi connectivity index (χ3v) is 3.99. The number of nitrogens with zero attached hydrogens (tertiary/aromatic N) is 1. The molecule has 6 heteroatoms. The molecule has 0 fully saturated rings. The Hall–Kier alpha value is -2.79. The van der Waals surface area contributed by atoms with Gasteiger partial charge < -0.3 is 9.84 Å². The summed E-state index contributed by atoms with van der Waals surface area (Å²) in [6.07, 6.45) is 0.842. The topological polar surface area (TPSA) is 66.8 Å². The Bertz CT molecular complexity index is 858. The monoisotopic (exact) mass is 357 g/mol. The van der Waals surface area contributed by atoms with Crippen molar-refractivity contribution >= 4 is 34.7 Å². The average molecular weight is 358 g/mol. The van der Waals surface area contributed by atoms with Crippen molar-refractivity contribution in [3.05, 3.63) is 64.9 Å². The van der Waals surface area contributed by atoms with Crippen molar-refractivity contribution in [2.75, 3.05) is 11.5 Å². The van der Waals surface area contributed by atoms with Crippen LogP contribution in [0.2, 0.25) is 5.02 Å². The quantitative estimate of drug-likeness (QED) is 0.822. The summed E-state index contributed by atoms with van der Waals surface area (Å²) in [4.78, 5) is 26.1. The first-order valence-corrected chi connectivity index (χ1v) is 8.21. The molecule has 0 atom stereocenters. The largest absolute Gasteiger partial charge is 0.502 e. The van der Waals surface area contributed by atoms with Crippen molar-refractivity contribution in [2.24, 2.45) is 0 Å². The number of benzene rings is 2. The SMILES string of the molecule is CCCOc1cccc(N2C(=O)C(O)=C(c3ccc(Cl)cc3)C2=O)c1. The lowest BCUT2D eigenvalue weighted by atomic mass is 10.1. The van der Waals surface area contributed by atoms with E-state index in [2.05, 4.69) is 0 Å². The number of aliphatic hydroxyl groups is 1. The maximum Gasteiger partial charge on any atom is 0.301 e. The van der Waals surface area contributed by atoms with Gasteiger partial charge in [0.1, 0.15) is 5.75 Å². The molecule has 25 heavy (non-hydrogen) atoms. The lowest BCUT2D eigenvalue weighted by Gasteiger charge is -2.16. The number of imide groups is 1. The van der Waals surface area contributed by atoms with E-state index in [0.717, 1.165) is 11.3 Å². The van der Waals surface area contributed by atoms with Crippen molar-refractivity contribution in [1.29, 1.82) is 0 Å². The minimum Gasteiger partial charge on any atom is -0.502 e. The Morgan fingerprint density at radius 2 is 1.80 bits per heavy atom. The third-order valence-electron chi connectivity index (χ3n) is 3.74. The van der Waals surface area contributed by atoms with Crippen molar-refractivity contribution in [3.8, 4) is 5.75 Å². The van der Waals surface area contributed by atoms with Crippen LogP contribution in [0.3, 0.4) is 0 Å². The molecule has 128 valence electrons. The van der Waals surface area contributed by atoms with E-state index in [4.69, 9.17) is 16.3 Å². The third kappa shape index (κ3) is 3.23. The van der Waals surface area contributed by atoms with E-state index in [9.17, 15) is 14.7 Å². The zero-order chi connectivity index (χ0) is 18.0.